The van der Waals surface area contributed by atoms with Crippen LogP contribution in [0.1, 0.15) is 44.9 Å². The van der Waals surface area contributed by atoms with Gasteiger partial charge in [0.25, 0.3) is 0 Å². The van der Waals surface area contributed by atoms with Crippen molar-refractivity contribution >= 4 is 0 Å². The molecule has 3 heteroatoms. The van der Waals surface area contributed by atoms with Crippen LogP contribution in [-0.2, 0) is 0 Å². The first kappa shape index (κ1) is 15.3. The molecular formula is C16H33N3. The van der Waals surface area contributed by atoms with Crippen LogP contribution in [-0.4, -0.2) is 56.1 Å². The molecule has 0 atom stereocenters. The first-order valence-corrected chi connectivity index (χ1v) is 8.26. The van der Waals surface area contributed by atoms with Crippen LogP contribution >= 0.6 is 0 Å². The zero-order valence-electron chi connectivity index (χ0n) is 13.0. The summed E-state index contributed by atoms with van der Waals surface area (Å²) in [5, 5.41) is 0. The lowest BCUT2D eigenvalue weighted by Gasteiger charge is -2.32. The van der Waals surface area contributed by atoms with Crippen LogP contribution < -0.4 is 5.73 Å². The predicted molar refractivity (Wildman–Crippen MR) is 82.3 cm³/mol. The summed E-state index contributed by atoms with van der Waals surface area (Å²) in [5.41, 5.74) is 5.98. The van der Waals surface area contributed by atoms with E-state index in [2.05, 4.69) is 23.9 Å². The molecule has 112 valence electrons. The summed E-state index contributed by atoms with van der Waals surface area (Å²) in [5.74, 6) is 1.88. The fraction of sp³-hybridized carbons (Fsp3) is 1.00. The lowest BCUT2D eigenvalue weighted by Crippen LogP contribution is -2.35. The minimum atomic E-state index is 0.487. The number of hydrogen-bond acceptors (Lipinski definition) is 3. The van der Waals surface area contributed by atoms with Crippen LogP contribution in [0.25, 0.3) is 0 Å². The van der Waals surface area contributed by atoms with Gasteiger partial charge in [0.15, 0.2) is 0 Å². The lowest BCUT2D eigenvalue weighted by molar-refractivity contribution is 0.179. The van der Waals surface area contributed by atoms with Gasteiger partial charge in [0, 0.05) is 12.6 Å². The Morgan fingerprint density at radius 3 is 2.26 bits per heavy atom. The Balaban J connectivity index is 1.58. The number of rotatable bonds is 5. The number of piperidine rings is 1. The second kappa shape index (κ2) is 7.61. The first-order valence-electron chi connectivity index (χ1n) is 8.26. The number of nitrogens with zero attached hydrogens (tertiary/aromatic N) is 2. The average Bonchev–Trinajstić information content (AvgIpc) is 2.41. The van der Waals surface area contributed by atoms with Crippen molar-refractivity contribution < 1.29 is 0 Å². The minimum absolute atomic E-state index is 0.487. The average molecular weight is 267 g/mol. The molecule has 3 nitrogen and oxygen atoms in total. The van der Waals surface area contributed by atoms with Crippen molar-refractivity contribution in [2.75, 3.05) is 40.3 Å². The normalized spacial score (nSPS) is 30.9. The summed E-state index contributed by atoms with van der Waals surface area (Å²) < 4.78 is 0. The Morgan fingerprint density at radius 1 is 1.00 bits per heavy atom. The van der Waals surface area contributed by atoms with Gasteiger partial charge in [-0.15, -0.1) is 0 Å². The summed E-state index contributed by atoms with van der Waals surface area (Å²) >= 11 is 0. The van der Waals surface area contributed by atoms with Crippen molar-refractivity contribution in [1.29, 1.82) is 0 Å². The second-order valence-electron chi connectivity index (χ2n) is 7.08. The molecule has 0 spiro atoms. The van der Waals surface area contributed by atoms with Crippen LogP contribution in [0.5, 0.6) is 0 Å². The van der Waals surface area contributed by atoms with E-state index in [1.165, 1.54) is 71.1 Å². The van der Waals surface area contributed by atoms with Crippen LogP contribution in [0.15, 0.2) is 0 Å². The van der Waals surface area contributed by atoms with Crippen molar-refractivity contribution in [1.82, 2.24) is 9.80 Å². The van der Waals surface area contributed by atoms with Gasteiger partial charge in [0.2, 0.25) is 0 Å². The Labute approximate surface area is 119 Å². The van der Waals surface area contributed by atoms with E-state index >= 15 is 0 Å². The molecule has 0 amide bonds. The molecule has 0 aromatic carbocycles. The van der Waals surface area contributed by atoms with E-state index in [4.69, 9.17) is 5.73 Å². The maximum atomic E-state index is 5.98. The summed E-state index contributed by atoms with van der Waals surface area (Å²) in [6.07, 6.45) is 9.39. The molecule has 0 aromatic rings. The third kappa shape index (κ3) is 5.41. The molecular weight excluding hydrogens is 234 g/mol. The number of nitrogens with two attached hydrogens (primary N) is 1. The number of likely N-dealkylation sites (tertiary alicyclic amines) is 1. The minimum Gasteiger partial charge on any atom is -0.328 e. The molecule has 1 heterocycles. The van der Waals surface area contributed by atoms with E-state index in [0.717, 1.165) is 11.8 Å². The maximum Gasteiger partial charge on any atom is 0.00390 e. The molecule has 1 saturated heterocycles. The highest BCUT2D eigenvalue weighted by Gasteiger charge is 2.21. The highest BCUT2D eigenvalue weighted by Crippen LogP contribution is 2.24. The van der Waals surface area contributed by atoms with Crippen molar-refractivity contribution in [2.45, 2.75) is 51.0 Å². The summed E-state index contributed by atoms with van der Waals surface area (Å²) in [7, 11) is 4.56. The van der Waals surface area contributed by atoms with Gasteiger partial charge in [-0.2, -0.15) is 0 Å². The quantitative estimate of drug-likeness (QED) is 0.828. The van der Waals surface area contributed by atoms with E-state index < -0.39 is 0 Å². The van der Waals surface area contributed by atoms with Gasteiger partial charge in [-0.1, -0.05) is 0 Å². The molecule has 1 saturated carbocycles. The van der Waals surface area contributed by atoms with E-state index in [1.54, 1.807) is 0 Å². The Bertz CT molecular complexity index is 240. The highest BCUT2D eigenvalue weighted by atomic mass is 15.1. The van der Waals surface area contributed by atoms with Gasteiger partial charge in [-0.25, -0.2) is 0 Å². The molecule has 0 radical (unpaired) electrons. The topological polar surface area (TPSA) is 32.5 Å². The molecule has 0 bridgehead atoms. The largest absolute Gasteiger partial charge is 0.328 e. The van der Waals surface area contributed by atoms with Crippen LogP contribution in [0, 0.1) is 11.8 Å². The lowest BCUT2D eigenvalue weighted by atomic mass is 9.86. The van der Waals surface area contributed by atoms with Crippen molar-refractivity contribution in [3.63, 3.8) is 0 Å². The fourth-order valence-corrected chi connectivity index (χ4v) is 3.66. The van der Waals surface area contributed by atoms with E-state index in [1.807, 2.05) is 0 Å². The maximum absolute atomic E-state index is 5.98. The van der Waals surface area contributed by atoms with Crippen molar-refractivity contribution in [3.05, 3.63) is 0 Å². The monoisotopic (exact) mass is 267 g/mol. The number of hydrogen-bond donors (Lipinski definition) is 1. The van der Waals surface area contributed by atoms with E-state index in [-0.39, 0.29) is 0 Å². The van der Waals surface area contributed by atoms with Crippen molar-refractivity contribution in [2.24, 2.45) is 17.6 Å². The summed E-state index contributed by atoms with van der Waals surface area (Å²) in [6, 6.07) is 0.487. The van der Waals surface area contributed by atoms with Gasteiger partial charge in [-0.3, -0.25) is 0 Å². The third-order valence-corrected chi connectivity index (χ3v) is 5.22. The van der Waals surface area contributed by atoms with Crippen LogP contribution in [0.2, 0.25) is 0 Å². The van der Waals surface area contributed by atoms with Gasteiger partial charge >= 0.3 is 0 Å². The molecule has 0 aromatic heterocycles. The van der Waals surface area contributed by atoms with Crippen molar-refractivity contribution in [3.8, 4) is 0 Å². The van der Waals surface area contributed by atoms with E-state index in [9.17, 15) is 0 Å². The van der Waals surface area contributed by atoms with E-state index in [0.29, 0.717) is 6.04 Å². The van der Waals surface area contributed by atoms with Gasteiger partial charge in [0.1, 0.15) is 0 Å². The molecule has 2 rings (SSSR count). The zero-order valence-corrected chi connectivity index (χ0v) is 13.0. The fourth-order valence-electron chi connectivity index (χ4n) is 3.66. The van der Waals surface area contributed by atoms with Crippen LogP contribution in [0.3, 0.4) is 0 Å². The molecule has 2 aliphatic rings. The molecule has 19 heavy (non-hydrogen) atoms. The Hall–Kier alpha value is -0.120. The Kier molecular flexibility index (Phi) is 6.11. The van der Waals surface area contributed by atoms with Gasteiger partial charge in [-0.05, 0) is 90.5 Å². The molecule has 2 fully saturated rings. The molecule has 1 aliphatic heterocycles. The molecule has 0 unspecified atom stereocenters. The predicted octanol–water partition coefficient (Wildman–Crippen LogP) is 2.17. The highest BCUT2D eigenvalue weighted by molar-refractivity contribution is 4.77. The molecule has 2 N–H and O–H groups in total. The Morgan fingerprint density at radius 2 is 1.63 bits per heavy atom. The molecule has 1 aliphatic carbocycles. The standard InChI is InChI=1S/C16H33N3/c1-18-10-7-14(8-11-18)9-12-19(2)13-15-3-5-16(17)6-4-15/h14-16H,3-13,17H2,1-2H3. The third-order valence-electron chi connectivity index (χ3n) is 5.22. The summed E-state index contributed by atoms with van der Waals surface area (Å²) in [4.78, 5) is 5.03. The SMILES string of the molecule is CN1CCC(CCN(C)CC2CCC(N)CC2)CC1. The summed E-state index contributed by atoms with van der Waals surface area (Å²) in [6.45, 7) is 5.18. The smallest absolute Gasteiger partial charge is 0.00390 e. The van der Waals surface area contributed by atoms with Gasteiger partial charge < -0.3 is 15.5 Å². The van der Waals surface area contributed by atoms with Crippen LogP contribution in [0.4, 0.5) is 0 Å². The second-order valence-corrected chi connectivity index (χ2v) is 7.08. The zero-order chi connectivity index (χ0) is 13.7. The van der Waals surface area contributed by atoms with Gasteiger partial charge in [0.05, 0.1) is 0 Å². The first-order chi connectivity index (χ1) is 9.13.